The number of hydrogen-bond donors (Lipinski definition) is 3. The zero-order valence-electron chi connectivity index (χ0n) is 11.0. The molecule has 3 rings (SSSR count). The summed E-state index contributed by atoms with van der Waals surface area (Å²) in [6.07, 6.45) is 6.06. The fraction of sp³-hybridized carbons (Fsp3) is 0.846. The van der Waals surface area contributed by atoms with Crippen molar-refractivity contribution >= 4 is 23.7 Å². The maximum absolute atomic E-state index is 11.5. The summed E-state index contributed by atoms with van der Waals surface area (Å²) in [7, 11) is 0. The standard InChI is InChI=1S/C13H21N3O2S/c17-11(14-8-5-6-8)4-2-1-3-10-12-9(7-19-10)15-13(18)16-12/h8-10,12H,1-7H2,(H,14,17)(H2,15,16,18)/t9-,10+,12+/m1/s1. The fourth-order valence-electron chi connectivity index (χ4n) is 2.80. The van der Waals surface area contributed by atoms with Crippen molar-refractivity contribution in [2.75, 3.05) is 5.75 Å². The van der Waals surface area contributed by atoms with Gasteiger partial charge in [0.2, 0.25) is 5.91 Å². The third-order valence-electron chi connectivity index (χ3n) is 4.02. The predicted octanol–water partition coefficient (Wildman–Crippen LogP) is 0.991. The molecule has 3 amide bonds. The van der Waals surface area contributed by atoms with Gasteiger partial charge in [-0.25, -0.2) is 4.79 Å². The summed E-state index contributed by atoms with van der Waals surface area (Å²) in [6, 6.07) is 1.04. The van der Waals surface area contributed by atoms with Gasteiger partial charge in [-0.15, -0.1) is 0 Å². The second-order valence-electron chi connectivity index (χ2n) is 5.71. The maximum atomic E-state index is 11.5. The van der Waals surface area contributed by atoms with Gasteiger partial charge in [0.1, 0.15) is 0 Å². The van der Waals surface area contributed by atoms with Gasteiger partial charge in [0, 0.05) is 23.5 Å². The number of thioether (sulfide) groups is 1. The van der Waals surface area contributed by atoms with Gasteiger partial charge in [-0.05, 0) is 25.7 Å². The van der Waals surface area contributed by atoms with Gasteiger partial charge in [0.15, 0.2) is 0 Å². The molecule has 0 radical (unpaired) electrons. The second kappa shape index (κ2) is 5.61. The zero-order chi connectivity index (χ0) is 13.2. The van der Waals surface area contributed by atoms with Gasteiger partial charge in [0.25, 0.3) is 0 Å². The molecule has 0 spiro atoms. The molecule has 0 aromatic carbocycles. The van der Waals surface area contributed by atoms with Crippen molar-refractivity contribution in [1.29, 1.82) is 0 Å². The van der Waals surface area contributed by atoms with Crippen LogP contribution in [0, 0.1) is 0 Å². The van der Waals surface area contributed by atoms with Crippen LogP contribution >= 0.6 is 11.8 Å². The lowest BCUT2D eigenvalue weighted by atomic mass is 10.0. The van der Waals surface area contributed by atoms with E-state index in [1.165, 1.54) is 0 Å². The normalized spacial score (nSPS) is 32.6. The van der Waals surface area contributed by atoms with Gasteiger partial charge in [-0.2, -0.15) is 11.8 Å². The smallest absolute Gasteiger partial charge is 0.315 e. The van der Waals surface area contributed by atoms with Crippen molar-refractivity contribution in [1.82, 2.24) is 16.0 Å². The second-order valence-corrected chi connectivity index (χ2v) is 6.98. The molecule has 106 valence electrons. The van der Waals surface area contributed by atoms with Crippen LogP contribution in [-0.2, 0) is 4.79 Å². The summed E-state index contributed by atoms with van der Waals surface area (Å²) < 4.78 is 0. The molecular formula is C13H21N3O2S. The molecule has 0 aromatic rings. The number of carbonyl (C=O) groups is 2. The van der Waals surface area contributed by atoms with E-state index in [0.717, 1.165) is 37.9 Å². The van der Waals surface area contributed by atoms with Crippen molar-refractivity contribution < 1.29 is 9.59 Å². The quantitative estimate of drug-likeness (QED) is 0.503. The van der Waals surface area contributed by atoms with Gasteiger partial charge in [0.05, 0.1) is 12.1 Å². The lowest BCUT2D eigenvalue weighted by molar-refractivity contribution is -0.121. The van der Waals surface area contributed by atoms with Crippen LogP contribution in [0.25, 0.3) is 0 Å². The van der Waals surface area contributed by atoms with Crippen molar-refractivity contribution in [3.8, 4) is 0 Å². The molecule has 2 heterocycles. The first kappa shape index (κ1) is 13.1. The van der Waals surface area contributed by atoms with Crippen LogP contribution in [0.1, 0.15) is 38.5 Å². The van der Waals surface area contributed by atoms with Crippen LogP contribution in [0.5, 0.6) is 0 Å². The molecule has 0 aromatic heterocycles. The van der Waals surface area contributed by atoms with Crippen LogP contribution in [0.2, 0.25) is 0 Å². The highest BCUT2D eigenvalue weighted by atomic mass is 32.2. The SMILES string of the molecule is O=C(CCCC[C@@H]1SC[C@H]2NC(=O)N[C@H]12)NC1CC1. The minimum atomic E-state index is -0.0240. The van der Waals surface area contributed by atoms with Gasteiger partial charge < -0.3 is 16.0 Å². The highest BCUT2D eigenvalue weighted by molar-refractivity contribution is 8.00. The van der Waals surface area contributed by atoms with Crippen LogP contribution < -0.4 is 16.0 Å². The van der Waals surface area contributed by atoms with E-state index in [1.54, 1.807) is 0 Å². The Labute approximate surface area is 117 Å². The summed E-state index contributed by atoms with van der Waals surface area (Å²) in [5.41, 5.74) is 0. The molecule has 0 unspecified atom stereocenters. The van der Waals surface area contributed by atoms with Crippen molar-refractivity contribution in [3.05, 3.63) is 0 Å². The first-order valence-electron chi connectivity index (χ1n) is 7.20. The van der Waals surface area contributed by atoms with E-state index < -0.39 is 0 Å². The van der Waals surface area contributed by atoms with Gasteiger partial charge >= 0.3 is 6.03 Å². The van der Waals surface area contributed by atoms with Crippen LogP contribution in [0.3, 0.4) is 0 Å². The van der Waals surface area contributed by atoms with E-state index in [0.29, 0.717) is 23.8 Å². The first-order valence-corrected chi connectivity index (χ1v) is 8.25. The topological polar surface area (TPSA) is 70.2 Å². The molecule has 19 heavy (non-hydrogen) atoms. The van der Waals surface area contributed by atoms with Gasteiger partial charge in [-0.1, -0.05) is 6.42 Å². The molecule has 2 aliphatic heterocycles. The Kier molecular flexibility index (Phi) is 3.86. The molecule has 6 heteroatoms. The zero-order valence-corrected chi connectivity index (χ0v) is 11.8. The molecule has 5 nitrogen and oxygen atoms in total. The van der Waals surface area contributed by atoms with E-state index in [-0.39, 0.29) is 18.0 Å². The average molecular weight is 283 g/mol. The van der Waals surface area contributed by atoms with Gasteiger partial charge in [-0.3, -0.25) is 4.79 Å². The first-order chi connectivity index (χ1) is 9.22. The van der Waals surface area contributed by atoms with E-state index in [9.17, 15) is 9.59 Å². The Morgan fingerprint density at radius 1 is 1.32 bits per heavy atom. The predicted molar refractivity (Wildman–Crippen MR) is 75.1 cm³/mol. The summed E-state index contributed by atoms with van der Waals surface area (Å²) in [6.45, 7) is 0. The Morgan fingerprint density at radius 2 is 2.16 bits per heavy atom. The van der Waals surface area contributed by atoms with Crippen molar-refractivity contribution in [2.24, 2.45) is 0 Å². The molecule has 1 aliphatic carbocycles. The largest absolute Gasteiger partial charge is 0.353 e. The average Bonchev–Trinajstić information content (AvgIpc) is 2.98. The molecule has 3 aliphatic rings. The van der Waals surface area contributed by atoms with Crippen LogP contribution in [0.4, 0.5) is 4.79 Å². The molecular weight excluding hydrogens is 262 g/mol. The number of carbonyl (C=O) groups excluding carboxylic acids is 2. The number of nitrogens with one attached hydrogen (secondary N) is 3. The molecule has 0 bridgehead atoms. The highest BCUT2D eigenvalue weighted by Crippen LogP contribution is 2.33. The summed E-state index contributed by atoms with van der Waals surface area (Å²) in [5.74, 6) is 1.21. The number of rotatable bonds is 6. The maximum Gasteiger partial charge on any atom is 0.315 e. The summed E-state index contributed by atoms with van der Waals surface area (Å²) in [4.78, 5) is 22.8. The molecule has 3 N–H and O–H groups in total. The Balaban J connectivity index is 1.31. The Morgan fingerprint density at radius 3 is 2.95 bits per heavy atom. The molecule has 3 atom stereocenters. The fourth-order valence-corrected chi connectivity index (χ4v) is 4.35. The number of urea groups is 1. The van der Waals surface area contributed by atoms with Crippen molar-refractivity contribution in [2.45, 2.75) is 61.9 Å². The summed E-state index contributed by atoms with van der Waals surface area (Å²) >= 11 is 1.94. The third kappa shape index (κ3) is 3.35. The minimum absolute atomic E-state index is 0.0240. The van der Waals surface area contributed by atoms with Crippen molar-refractivity contribution in [3.63, 3.8) is 0 Å². The van der Waals surface area contributed by atoms with E-state index >= 15 is 0 Å². The molecule has 1 saturated carbocycles. The van der Waals surface area contributed by atoms with E-state index in [4.69, 9.17) is 0 Å². The van der Waals surface area contributed by atoms with Crippen LogP contribution in [0.15, 0.2) is 0 Å². The summed E-state index contributed by atoms with van der Waals surface area (Å²) in [5, 5.41) is 9.47. The van der Waals surface area contributed by atoms with E-state index in [2.05, 4.69) is 16.0 Å². The third-order valence-corrected chi connectivity index (χ3v) is 5.53. The molecule has 2 saturated heterocycles. The lowest BCUT2D eigenvalue weighted by Crippen LogP contribution is -2.36. The number of hydrogen-bond acceptors (Lipinski definition) is 3. The Hall–Kier alpha value is -0.910. The van der Waals surface area contributed by atoms with Crippen LogP contribution in [-0.4, -0.2) is 41.1 Å². The number of fused-ring (bicyclic) bond motifs is 1. The Bertz CT molecular complexity index is 373. The highest BCUT2D eigenvalue weighted by Gasteiger charge is 2.42. The molecule has 3 fully saturated rings. The van der Waals surface area contributed by atoms with E-state index in [1.807, 2.05) is 11.8 Å². The number of unbranched alkanes of at least 4 members (excludes halogenated alkanes) is 1. The monoisotopic (exact) mass is 283 g/mol. The number of amides is 3. The minimum Gasteiger partial charge on any atom is -0.353 e. The lowest BCUT2D eigenvalue weighted by Gasteiger charge is -2.16.